The highest BCUT2D eigenvalue weighted by atomic mass is 14.9. The summed E-state index contributed by atoms with van der Waals surface area (Å²) in [4.78, 5) is 8.77. The molecule has 1 aromatic carbocycles. The predicted octanol–water partition coefficient (Wildman–Crippen LogP) is 2.73. The van der Waals surface area contributed by atoms with Crippen LogP contribution in [0.25, 0.3) is 11.4 Å². The van der Waals surface area contributed by atoms with E-state index in [0.29, 0.717) is 12.5 Å². The zero-order valence-corrected chi connectivity index (χ0v) is 10.2. The van der Waals surface area contributed by atoms with Gasteiger partial charge in [0, 0.05) is 24.5 Å². The van der Waals surface area contributed by atoms with E-state index in [2.05, 4.69) is 23.8 Å². The molecular weight excluding hydrogens is 210 g/mol. The number of nitrogens with two attached hydrogens (primary N) is 1. The molecule has 1 aromatic heterocycles. The minimum Gasteiger partial charge on any atom is -0.326 e. The van der Waals surface area contributed by atoms with Gasteiger partial charge in [-0.1, -0.05) is 38.1 Å². The zero-order chi connectivity index (χ0) is 12.3. The quantitative estimate of drug-likeness (QED) is 0.877. The van der Waals surface area contributed by atoms with Gasteiger partial charge in [-0.15, -0.1) is 0 Å². The lowest BCUT2D eigenvalue weighted by Gasteiger charge is -2.05. The van der Waals surface area contributed by atoms with Crippen LogP contribution in [0.1, 0.15) is 30.9 Å². The average molecular weight is 227 g/mol. The molecule has 0 saturated heterocycles. The van der Waals surface area contributed by atoms with Crippen LogP contribution in [0.4, 0.5) is 0 Å². The molecular formula is C14H17N3. The van der Waals surface area contributed by atoms with Gasteiger partial charge in [0.1, 0.15) is 0 Å². The van der Waals surface area contributed by atoms with E-state index in [4.69, 9.17) is 5.73 Å². The van der Waals surface area contributed by atoms with E-state index in [0.717, 1.165) is 22.5 Å². The number of hydrogen-bond donors (Lipinski definition) is 1. The van der Waals surface area contributed by atoms with Gasteiger partial charge < -0.3 is 5.73 Å². The Morgan fingerprint density at radius 2 is 1.65 bits per heavy atom. The molecule has 0 aliphatic carbocycles. The molecule has 0 amide bonds. The lowest BCUT2D eigenvalue weighted by atomic mass is 10.1. The Kier molecular flexibility index (Phi) is 3.49. The Hall–Kier alpha value is -1.74. The summed E-state index contributed by atoms with van der Waals surface area (Å²) in [6, 6.07) is 8.03. The SMILES string of the molecule is CC(C)c1cnc(-c2ccc(CN)cc2)nc1. The van der Waals surface area contributed by atoms with Crippen LogP contribution in [-0.2, 0) is 6.54 Å². The van der Waals surface area contributed by atoms with Crippen molar-refractivity contribution in [1.82, 2.24) is 9.97 Å². The third-order valence-corrected chi connectivity index (χ3v) is 2.79. The maximum atomic E-state index is 5.56. The Balaban J connectivity index is 2.26. The molecule has 3 nitrogen and oxygen atoms in total. The molecule has 2 N–H and O–H groups in total. The normalized spacial score (nSPS) is 10.8. The Morgan fingerprint density at radius 3 is 2.12 bits per heavy atom. The van der Waals surface area contributed by atoms with Crippen molar-refractivity contribution in [3.05, 3.63) is 47.8 Å². The van der Waals surface area contributed by atoms with Crippen LogP contribution in [0.5, 0.6) is 0 Å². The third kappa shape index (κ3) is 2.68. The highest BCUT2D eigenvalue weighted by Crippen LogP contribution is 2.17. The molecule has 0 aliphatic heterocycles. The van der Waals surface area contributed by atoms with Gasteiger partial charge in [0.2, 0.25) is 0 Å². The Bertz CT molecular complexity index is 472. The Labute approximate surface area is 102 Å². The summed E-state index contributed by atoms with van der Waals surface area (Å²) in [5, 5.41) is 0. The molecule has 0 saturated carbocycles. The highest BCUT2D eigenvalue weighted by molar-refractivity contribution is 5.55. The summed E-state index contributed by atoms with van der Waals surface area (Å²) in [7, 11) is 0. The molecule has 0 atom stereocenters. The molecule has 1 heterocycles. The van der Waals surface area contributed by atoms with Crippen LogP contribution < -0.4 is 5.73 Å². The van der Waals surface area contributed by atoms with E-state index in [1.807, 2.05) is 36.7 Å². The maximum Gasteiger partial charge on any atom is 0.159 e. The smallest absolute Gasteiger partial charge is 0.159 e. The van der Waals surface area contributed by atoms with Gasteiger partial charge in [-0.25, -0.2) is 9.97 Å². The number of aromatic nitrogens is 2. The monoisotopic (exact) mass is 227 g/mol. The second kappa shape index (κ2) is 5.06. The van der Waals surface area contributed by atoms with E-state index < -0.39 is 0 Å². The van der Waals surface area contributed by atoms with Gasteiger partial charge in [0.25, 0.3) is 0 Å². The fourth-order valence-electron chi connectivity index (χ4n) is 1.58. The summed E-state index contributed by atoms with van der Waals surface area (Å²) in [5.41, 5.74) is 8.86. The summed E-state index contributed by atoms with van der Waals surface area (Å²) < 4.78 is 0. The number of nitrogens with zero attached hydrogens (tertiary/aromatic N) is 2. The van der Waals surface area contributed by atoms with Gasteiger partial charge in [-0.2, -0.15) is 0 Å². The second-order valence-electron chi connectivity index (χ2n) is 4.40. The molecule has 88 valence electrons. The zero-order valence-electron chi connectivity index (χ0n) is 10.2. The molecule has 2 rings (SSSR count). The van der Waals surface area contributed by atoms with E-state index in [-0.39, 0.29) is 0 Å². The lowest BCUT2D eigenvalue weighted by molar-refractivity contribution is 0.847. The number of rotatable bonds is 3. The van der Waals surface area contributed by atoms with Crippen LogP contribution in [0.3, 0.4) is 0 Å². The van der Waals surface area contributed by atoms with Gasteiger partial charge in [0.05, 0.1) is 0 Å². The molecule has 0 fully saturated rings. The number of benzene rings is 1. The third-order valence-electron chi connectivity index (χ3n) is 2.79. The standard InChI is InChI=1S/C14H17N3/c1-10(2)13-8-16-14(17-9-13)12-5-3-11(7-15)4-6-12/h3-6,8-10H,7,15H2,1-2H3. The van der Waals surface area contributed by atoms with Crippen molar-refractivity contribution in [1.29, 1.82) is 0 Å². The fraction of sp³-hybridized carbons (Fsp3) is 0.286. The summed E-state index contributed by atoms with van der Waals surface area (Å²) >= 11 is 0. The fourth-order valence-corrected chi connectivity index (χ4v) is 1.58. The highest BCUT2D eigenvalue weighted by Gasteiger charge is 2.03. The van der Waals surface area contributed by atoms with Crippen molar-refractivity contribution in [2.45, 2.75) is 26.3 Å². The summed E-state index contributed by atoms with van der Waals surface area (Å²) in [5.74, 6) is 1.22. The molecule has 0 aliphatic rings. The molecule has 2 aromatic rings. The molecule has 17 heavy (non-hydrogen) atoms. The molecule has 0 unspecified atom stereocenters. The van der Waals surface area contributed by atoms with Gasteiger partial charge >= 0.3 is 0 Å². The average Bonchev–Trinajstić information content (AvgIpc) is 2.39. The van der Waals surface area contributed by atoms with E-state index >= 15 is 0 Å². The maximum absolute atomic E-state index is 5.56. The number of hydrogen-bond acceptors (Lipinski definition) is 3. The van der Waals surface area contributed by atoms with Crippen molar-refractivity contribution in [2.75, 3.05) is 0 Å². The predicted molar refractivity (Wildman–Crippen MR) is 69.4 cm³/mol. The minimum absolute atomic E-state index is 0.462. The minimum atomic E-state index is 0.462. The first-order chi connectivity index (χ1) is 8.20. The van der Waals surface area contributed by atoms with E-state index in [1.165, 1.54) is 0 Å². The van der Waals surface area contributed by atoms with Crippen molar-refractivity contribution >= 4 is 0 Å². The topological polar surface area (TPSA) is 51.8 Å². The van der Waals surface area contributed by atoms with Crippen LogP contribution in [0, 0.1) is 0 Å². The van der Waals surface area contributed by atoms with Gasteiger partial charge in [0.15, 0.2) is 5.82 Å². The first-order valence-corrected chi connectivity index (χ1v) is 5.82. The van der Waals surface area contributed by atoms with Crippen molar-refractivity contribution in [2.24, 2.45) is 5.73 Å². The van der Waals surface area contributed by atoms with Crippen molar-refractivity contribution in [3.63, 3.8) is 0 Å². The van der Waals surface area contributed by atoms with E-state index in [1.54, 1.807) is 0 Å². The Morgan fingerprint density at radius 1 is 1.06 bits per heavy atom. The molecule has 0 bridgehead atoms. The van der Waals surface area contributed by atoms with Crippen LogP contribution in [0.2, 0.25) is 0 Å². The summed E-state index contributed by atoms with van der Waals surface area (Å²) in [6.45, 7) is 4.83. The summed E-state index contributed by atoms with van der Waals surface area (Å²) in [6.07, 6.45) is 3.79. The molecule has 3 heteroatoms. The van der Waals surface area contributed by atoms with Crippen LogP contribution in [-0.4, -0.2) is 9.97 Å². The first-order valence-electron chi connectivity index (χ1n) is 5.82. The largest absolute Gasteiger partial charge is 0.326 e. The molecule has 0 spiro atoms. The van der Waals surface area contributed by atoms with Crippen LogP contribution in [0.15, 0.2) is 36.7 Å². The molecule has 0 radical (unpaired) electrons. The first kappa shape index (κ1) is 11.7. The van der Waals surface area contributed by atoms with Crippen LogP contribution >= 0.6 is 0 Å². The second-order valence-corrected chi connectivity index (χ2v) is 4.40. The van der Waals surface area contributed by atoms with Crippen molar-refractivity contribution < 1.29 is 0 Å². The lowest BCUT2D eigenvalue weighted by Crippen LogP contribution is -1.97. The van der Waals surface area contributed by atoms with E-state index in [9.17, 15) is 0 Å². The van der Waals surface area contributed by atoms with Gasteiger partial charge in [-0.3, -0.25) is 0 Å². The van der Waals surface area contributed by atoms with Gasteiger partial charge in [-0.05, 0) is 17.0 Å². The van der Waals surface area contributed by atoms with Crippen molar-refractivity contribution in [3.8, 4) is 11.4 Å².